The van der Waals surface area contributed by atoms with E-state index in [4.69, 9.17) is 4.74 Å². The van der Waals surface area contributed by atoms with Crippen molar-refractivity contribution >= 4 is 22.7 Å². The van der Waals surface area contributed by atoms with Gasteiger partial charge in [0.15, 0.2) is 0 Å². The zero-order chi connectivity index (χ0) is 19.2. The summed E-state index contributed by atoms with van der Waals surface area (Å²) >= 11 is 0. The normalized spacial score (nSPS) is 11.2. The van der Waals surface area contributed by atoms with Crippen LogP contribution in [0.3, 0.4) is 0 Å². The zero-order valence-corrected chi connectivity index (χ0v) is 16.0. The Kier molecular flexibility index (Phi) is 5.48. The van der Waals surface area contributed by atoms with Crippen LogP contribution in [-0.4, -0.2) is 6.21 Å². The molecule has 0 radical (unpaired) electrons. The second-order valence-corrected chi connectivity index (χ2v) is 6.74. The molecule has 4 aromatic rings. The summed E-state index contributed by atoms with van der Waals surface area (Å²) in [6.07, 6.45) is 2.91. The smallest absolute Gasteiger partial charge is 0.128 e. The van der Waals surface area contributed by atoms with Crippen molar-refractivity contribution in [3.63, 3.8) is 0 Å². The number of benzene rings is 4. The Morgan fingerprint density at radius 2 is 1.54 bits per heavy atom. The average Bonchev–Trinajstić information content (AvgIpc) is 2.77. The van der Waals surface area contributed by atoms with Crippen LogP contribution in [0.4, 0.5) is 5.69 Å². The number of fused-ring (bicyclic) bond motifs is 1. The number of para-hydroxylation sites is 1. The molecule has 0 unspecified atom stereocenters. The Morgan fingerprint density at radius 3 is 2.39 bits per heavy atom. The second kappa shape index (κ2) is 8.53. The van der Waals surface area contributed by atoms with Crippen LogP contribution in [0.15, 0.2) is 96.0 Å². The van der Waals surface area contributed by atoms with Crippen molar-refractivity contribution in [2.24, 2.45) is 4.99 Å². The fourth-order valence-corrected chi connectivity index (χ4v) is 3.25. The van der Waals surface area contributed by atoms with Gasteiger partial charge in [0.05, 0.1) is 5.69 Å². The lowest BCUT2D eigenvalue weighted by Crippen LogP contribution is -1.99. The summed E-state index contributed by atoms with van der Waals surface area (Å²) in [5, 5.41) is 2.46. The zero-order valence-electron chi connectivity index (χ0n) is 16.0. The van der Waals surface area contributed by atoms with E-state index < -0.39 is 0 Å². The van der Waals surface area contributed by atoms with Gasteiger partial charge in [0.25, 0.3) is 0 Å². The van der Waals surface area contributed by atoms with Crippen LogP contribution in [0.25, 0.3) is 10.8 Å². The lowest BCUT2D eigenvalue weighted by Gasteiger charge is -2.11. The number of hydrogen-bond donors (Lipinski definition) is 0. The van der Waals surface area contributed by atoms with Crippen LogP contribution >= 0.6 is 0 Å². The van der Waals surface area contributed by atoms with E-state index in [1.54, 1.807) is 0 Å². The Labute approximate surface area is 166 Å². The monoisotopic (exact) mass is 365 g/mol. The van der Waals surface area contributed by atoms with E-state index in [-0.39, 0.29) is 0 Å². The molecule has 0 aromatic heterocycles. The molecule has 138 valence electrons. The molecule has 0 amide bonds. The topological polar surface area (TPSA) is 21.6 Å². The molecule has 0 heterocycles. The molecule has 0 aliphatic rings. The van der Waals surface area contributed by atoms with E-state index in [0.29, 0.717) is 6.61 Å². The molecule has 0 bridgehead atoms. The first-order valence-corrected chi connectivity index (χ1v) is 9.65. The Balaban J connectivity index is 1.53. The Morgan fingerprint density at radius 1 is 0.786 bits per heavy atom. The van der Waals surface area contributed by atoms with Crippen molar-refractivity contribution in [2.75, 3.05) is 0 Å². The third kappa shape index (κ3) is 4.12. The van der Waals surface area contributed by atoms with Gasteiger partial charge in [-0.25, -0.2) is 0 Å². The predicted molar refractivity (Wildman–Crippen MR) is 118 cm³/mol. The molecule has 4 aromatic carbocycles. The van der Waals surface area contributed by atoms with Gasteiger partial charge in [-0.2, -0.15) is 0 Å². The largest absolute Gasteiger partial charge is 0.488 e. The van der Waals surface area contributed by atoms with Crippen LogP contribution in [0.1, 0.15) is 23.6 Å². The molecule has 4 rings (SSSR count). The Hall–Kier alpha value is -3.39. The molecule has 0 aliphatic heterocycles. The van der Waals surface area contributed by atoms with Gasteiger partial charge in [-0.05, 0) is 52.6 Å². The minimum atomic E-state index is 0.525. The van der Waals surface area contributed by atoms with Crippen LogP contribution < -0.4 is 4.74 Å². The quantitative estimate of drug-likeness (QED) is 0.347. The molecule has 0 fully saturated rings. The Bertz CT molecular complexity index is 1090. The van der Waals surface area contributed by atoms with Crippen LogP contribution in [0.2, 0.25) is 0 Å². The maximum atomic E-state index is 6.16. The van der Waals surface area contributed by atoms with Crippen molar-refractivity contribution < 1.29 is 4.74 Å². The van der Waals surface area contributed by atoms with E-state index in [0.717, 1.165) is 23.4 Å². The maximum absolute atomic E-state index is 6.16. The lowest BCUT2D eigenvalue weighted by molar-refractivity contribution is 0.307. The molecule has 0 spiro atoms. The van der Waals surface area contributed by atoms with E-state index in [1.807, 2.05) is 30.5 Å². The van der Waals surface area contributed by atoms with Crippen molar-refractivity contribution in [1.29, 1.82) is 0 Å². The number of aliphatic imine (C=N–C) groups is 1. The first kappa shape index (κ1) is 18.0. The highest BCUT2D eigenvalue weighted by atomic mass is 16.5. The second-order valence-electron chi connectivity index (χ2n) is 6.74. The summed E-state index contributed by atoms with van der Waals surface area (Å²) in [5.74, 6) is 0.837. The number of nitrogens with zero attached hydrogens (tertiary/aromatic N) is 1. The van der Waals surface area contributed by atoms with Gasteiger partial charge in [-0.1, -0.05) is 73.7 Å². The number of aryl methyl sites for hydroxylation is 1. The summed E-state index contributed by atoms with van der Waals surface area (Å²) < 4.78 is 6.16. The molecular formula is C26H23NO. The number of rotatable bonds is 6. The van der Waals surface area contributed by atoms with Crippen LogP contribution in [0.5, 0.6) is 5.75 Å². The van der Waals surface area contributed by atoms with Gasteiger partial charge in [0.2, 0.25) is 0 Å². The molecule has 0 atom stereocenters. The predicted octanol–water partition coefficient (Wildman–Crippen LogP) is 6.73. The first-order valence-electron chi connectivity index (χ1n) is 9.65. The average molecular weight is 365 g/mol. The highest BCUT2D eigenvalue weighted by Gasteiger charge is 2.04. The number of ether oxygens (including phenoxy) is 1. The van der Waals surface area contributed by atoms with Gasteiger partial charge in [-0.3, -0.25) is 4.99 Å². The van der Waals surface area contributed by atoms with Gasteiger partial charge in [-0.15, -0.1) is 0 Å². The van der Waals surface area contributed by atoms with E-state index >= 15 is 0 Å². The van der Waals surface area contributed by atoms with Crippen molar-refractivity contribution in [3.05, 3.63) is 108 Å². The van der Waals surface area contributed by atoms with Gasteiger partial charge in [0, 0.05) is 11.8 Å². The van der Waals surface area contributed by atoms with Crippen LogP contribution in [0, 0.1) is 0 Å². The third-order valence-electron chi connectivity index (χ3n) is 4.88. The minimum Gasteiger partial charge on any atom is -0.488 e. The lowest BCUT2D eigenvalue weighted by atomic mass is 10.1. The van der Waals surface area contributed by atoms with Crippen LogP contribution in [-0.2, 0) is 13.0 Å². The maximum Gasteiger partial charge on any atom is 0.128 e. The van der Waals surface area contributed by atoms with Crippen molar-refractivity contribution in [2.45, 2.75) is 20.0 Å². The van der Waals surface area contributed by atoms with Crippen molar-refractivity contribution in [1.82, 2.24) is 0 Å². The summed E-state index contributed by atoms with van der Waals surface area (Å²) in [7, 11) is 0. The first-order chi connectivity index (χ1) is 13.8. The molecule has 0 aliphatic carbocycles. The molecule has 0 saturated heterocycles. The molecule has 2 heteroatoms. The molecule has 2 nitrogen and oxygen atoms in total. The molecular weight excluding hydrogens is 342 g/mol. The molecule has 0 N–H and O–H groups in total. The standard InChI is InChI=1S/C26H23NO/c1-2-20-14-16-24(17-15-20)27-18-22-9-4-6-13-26(22)28-19-23-11-7-10-21-8-3-5-12-25(21)23/h3-18H,2,19H2,1H3. The van der Waals surface area contributed by atoms with Crippen molar-refractivity contribution in [3.8, 4) is 5.75 Å². The van der Waals surface area contributed by atoms with Gasteiger partial charge < -0.3 is 4.74 Å². The molecule has 28 heavy (non-hydrogen) atoms. The fourth-order valence-electron chi connectivity index (χ4n) is 3.25. The van der Waals surface area contributed by atoms with Gasteiger partial charge in [0.1, 0.15) is 12.4 Å². The SMILES string of the molecule is CCc1ccc(N=Cc2ccccc2OCc2cccc3ccccc23)cc1. The highest BCUT2D eigenvalue weighted by molar-refractivity contribution is 5.86. The highest BCUT2D eigenvalue weighted by Crippen LogP contribution is 2.23. The summed E-state index contributed by atoms with van der Waals surface area (Å²) in [4.78, 5) is 4.61. The minimum absolute atomic E-state index is 0.525. The van der Waals surface area contributed by atoms with E-state index in [2.05, 4.69) is 78.6 Å². The summed E-state index contributed by atoms with van der Waals surface area (Å²) in [6.45, 7) is 2.68. The number of hydrogen-bond acceptors (Lipinski definition) is 2. The summed E-state index contributed by atoms with van der Waals surface area (Å²) in [6, 6.07) is 31.1. The fraction of sp³-hybridized carbons (Fsp3) is 0.115. The summed E-state index contributed by atoms with van der Waals surface area (Å²) in [5.41, 5.74) is 4.42. The third-order valence-corrected chi connectivity index (χ3v) is 4.88. The van der Waals surface area contributed by atoms with E-state index in [9.17, 15) is 0 Å². The van der Waals surface area contributed by atoms with Gasteiger partial charge >= 0.3 is 0 Å². The molecule has 0 saturated carbocycles. The van der Waals surface area contributed by atoms with E-state index in [1.165, 1.54) is 21.9 Å².